The number of hydrogen-bond donors (Lipinski definition) is 2. The minimum absolute atomic E-state index is 0.235. The lowest BCUT2D eigenvalue weighted by molar-refractivity contribution is 0.102. The molecule has 21 heavy (non-hydrogen) atoms. The molecule has 3 rings (SSSR count). The fourth-order valence-corrected chi connectivity index (χ4v) is 2.73. The molecule has 6 heteroatoms. The van der Waals surface area contributed by atoms with E-state index in [1.54, 1.807) is 35.7 Å². The lowest BCUT2D eigenvalue weighted by atomic mass is 10.2. The zero-order valence-electron chi connectivity index (χ0n) is 11.2. The highest BCUT2D eigenvalue weighted by atomic mass is 35.5. The summed E-state index contributed by atoms with van der Waals surface area (Å²) in [5, 5.41) is 6.24. The topological polar surface area (TPSA) is 57.8 Å². The summed E-state index contributed by atoms with van der Waals surface area (Å²) in [6.45, 7) is 1.95. The number of rotatable bonds is 3. The van der Waals surface area contributed by atoms with E-state index in [-0.39, 0.29) is 5.91 Å². The number of aromatic nitrogens is 2. The van der Waals surface area contributed by atoms with Crippen molar-refractivity contribution < 1.29 is 4.79 Å². The molecule has 1 aromatic carbocycles. The number of hydrogen-bond acceptors (Lipinski definition) is 3. The number of nitrogens with one attached hydrogen (secondary N) is 2. The Labute approximate surface area is 130 Å². The summed E-state index contributed by atoms with van der Waals surface area (Å²) in [7, 11) is 0. The van der Waals surface area contributed by atoms with Crippen LogP contribution < -0.4 is 5.32 Å². The Morgan fingerprint density at radius 3 is 2.90 bits per heavy atom. The Balaban J connectivity index is 1.80. The number of amides is 1. The maximum absolute atomic E-state index is 12.2. The van der Waals surface area contributed by atoms with Gasteiger partial charge >= 0.3 is 0 Å². The molecule has 4 nitrogen and oxygen atoms in total. The van der Waals surface area contributed by atoms with Crippen LogP contribution in [0.5, 0.6) is 0 Å². The van der Waals surface area contributed by atoms with Gasteiger partial charge in [-0.25, -0.2) is 4.98 Å². The molecule has 0 atom stereocenters. The standard InChI is InChI=1S/C15H12ClN3OS/c1-9-18-14(8-21-9)10-6-13(17-7-10)15(20)19-12-5-3-2-4-11(12)16/h2-8,17H,1H3,(H,19,20). The number of nitrogens with zero attached hydrogens (tertiary/aromatic N) is 1. The normalized spacial score (nSPS) is 10.6. The Bertz CT molecular complexity index is 794. The third kappa shape index (κ3) is 2.99. The number of aryl methyl sites for hydroxylation is 1. The van der Waals surface area contributed by atoms with E-state index in [2.05, 4.69) is 15.3 Å². The third-order valence-electron chi connectivity index (χ3n) is 2.96. The molecule has 3 aromatic rings. The van der Waals surface area contributed by atoms with Gasteiger partial charge < -0.3 is 10.3 Å². The predicted octanol–water partition coefficient (Wildman–Crippen LogP) is 4.35. The average Bonchev–Trinajstić information content (AvgIpc) is 3.10. The lowest BCUT2D eigenvalue weighted by Gasteiger charge is -2.05. The molecule has 0 spiro atoms. The monoisotopic (exact) mass is 317 g/mol. The molecule has 1 amide bonds. The Morgan fingerprint density at radius 1 is 1.38 bits per heavy atom. The van der Waals surface area contributed by atoms with Crippen molar-refractivity contribution >= 4 is 34.5 Å². The second-order valence-corrected chi connectivity index (χ2v) is 5.96. The molecule has 0 saturated heterocycles. The molecule has 0 aliphatic rings. The molecule has 0 aliphatic carbocycles. The maximum atomic E-state index is 12.2. The van der Waals surface area contributed by atoms with Crippen molar-refractivity contribution in [2.24, 2.45) is 0 Å². The van der Waals surface area contributed by atoms with Gasteiger partial charge in [0.15, 0.2) is 0 Å². The summed E-state index contributed by atoms with van der Waals surface area (Å²) in [5.41, 5.74) is 2.81. The van der Waals surface area contributed by atoms with E-state index >= 15 is 0 Å². The van der Waals surface area contributed by atoms with Crippen molar-refractivity contribution in [3.8, 4) is 11.3 Å². The van der Waals surface area contributed by atoms with Gasteiger partial charge in [-0.3, -0.25) is 4.79 Å². The van der Waals surface area contributed by atoms with Crippen molar-refractivity contribution in [1.29, 1.82) is 0 Å². The van der Waals surface area contributed by atoms with E-state index in [0.29, 0.717) is 16.4 Å². The number of H-pyrrole nitrogens is 1. The zero-order chi connectivity index (χ0) is 14.8. The van der Waals surface area contributed by atoms with Gasteiger partial charge in [0.05, 0.1) is 21.4 Å². The van der Waals surface area contributed by atoms with Gasteiger partial charge in [0.2, 0.25) is 0 Å². The lowest BCUT2D eigenvalue weighted by Crippen LogP contribution is -2.12. The van der Waals surface area contributed by atoms with Crippen LogP contribution >= 0.6 is 22.9 Å². The molecule has 0 fully saturated rings. The molecule has 0 unspecified atom stereocenters. The van der Waals surface area contributed by atoms with Crippen LogP contribution in [0, 0.1) is 6.92 Å². The summed E-state index contributed by atoms with van der Waals surface area (Å²) in [6.07, 6.45) is 1.77. The minimum Gasteiger partial charge on any atom is -0.357 e. The summed E-state index contributed by atoms with van der Waals surface area (Å²) >= 11 is 7.60. The second kappa shape index (κ2) is 5.71. The highest BCUT2D eigenvalue weighted by molar-refractivity contribution is 7.09. The van der Waals surface area contributed by atoms with E-state index < -0.39 is 0 Å². The van der Waals surface area contributed by atoms with Crippen LogP contribution in [0.2, 0.25) is 5.02 Å². The molecule has 2 N–H and O–H groups in total. The van der Waals surface area contributed by atoms with E-state index in [1.165, 1.54) is 0 Å². The Hall–Kier alpha value is -2.11. The molecule has 0 radical (unpaired) electrons. The Morgan fingerprint density at radius 2 is 2.19 bits per heavy atom. The molecule has 0 aliphatic heterocycles. The fraction of sp³-hybridized carbons (Fsp3) is 0.0667. The number of para-hydroxylation sites is 1. The largest absolute Gasteiger partial charge is 0.357 e. The van der Waals surface area contributed by atoms with Crippen LogP contribution in [0.25, 0.3) is 11.3 Å². The van der Waals surface area contributed by atoms with Gasteiger partial charge in [-0.15, -0.1) is 11.3 Å². The molecule has 2 heterocycles. The second-order valence-electron chi connectivity index (χ2n) is 4.49. The third-order valence-corrected chi connectivity index (χ3v) is 4.07. The fourth-order valence-electron chi connectivity index (χ4n) is 1.92. The number of anilines is 1. The van der Waals surface area contributed by atoms with Gasteiger partial charge in [-0.1, -0.05) is 23.7 Å². The van der Waals surface area contributed by atoms with Crippen molar-refractivity contribution in [2.45, 2.75) is 6.92 Å². The summed E-state index contributed by atoms with van der Waals surface area (Å²) < 4.78 is 0. The summed E-state index contributed by atoms with van der Waals surface area (Å²) in [4.78, 5) is 19.6. The first-order valence-corrected chi connectivity index (χ1v) is 7.56. The maximum Gasteiger partial charge on any atom is 0.272 e. The van der Waals surface area contributed by atoms with Crippen molar-refractivity contribution in [1.82, 2.24) is 9.97 Å². The van der Waals surface area contributed by atoms with Gasteiger partial charge in [-0.2, -0.15) is 0 Å². The molecule has 0 bridgehead atoms. The van der Waals surface area contributed by atoms with Crippen molar-refractivity contribution in [3.63, 3.8) is 0 Å². The van der Waals surface area contributed by atoms with Gasteiger partial charge in [0.1, 0.15) is 5.69 Å². The van der Waals surface area contributed by atoms with Crippen LogP contribution in [-0.4, -0.2) is 15.9 Å². The van der Waals surface area contributed by atoms with E-state index in [1.807, 2.05) is 24.4 Å². The van der Waals surface area contributed by atoms with Crippen LogP contribution in [-0.2, 0) is 0 Å². The number of carbonyl (C=O) groups excluding carboxylic acids is 1. The van der Waals surface area contributed by atoms with E-state index in [4.69, 9.17) is 11.6 Å². The molecule has 2 aromatic heterocycles. The smallest absolute Gasteiger partial charge is 0.272 e. The van der Waals surface area contributed by atoms with E-state index in [9.17, 15) is 4.79 Å². The quantitative estimate of drug-likeness (QED) is 0.754. The summed E-state index contributed by atoms with van der Waals surface area (Å²) in [5.74, 6) is -0.235. The van der Waals surface area contributed by atoms with Gasteiger partial charge in [-0.05, 0) is 25.1 Å². The highest BCUT2D eigenvalue weighted by Gasteiger charge is 2.12. The first kappa shape index (κ1) is 13.9. The minimum atomic E-state index is -0.235. The number of aromatic amines is 1. The average molecular weight is 318 g/mol. The highest BCUT2D eigenvalue weighted by Crippen LogP contribution is 2.24. The predicted molar refractivity (Wildman–Crippen MR) is 86.0 cm³/mol. The van der Waals surface area contributed by atoms with Crippen molar-refractivity contribution in [2.75, 3.05) is 5.32 Å². The van der Waals surface area contributed by atoms with E-state index in [0.717, 1.165) is 16.3 Å². The number of carbonyl (C=O) groups is 1. The summed E-state index contributed by atoms with van der Waals surface area (Å²) in [6, 6.07) is 8.90. The van der Waals surface area contributed by atoms with Gasteiger partial charge in [0, 0.05) is 17.1 Å². The first-order chi connectivity index (χ1) is 10.1. The van der Waals surface area contributed by atoms with Crippen LogP contribution in [0.15, 0.2) is 41.9 Å². The molecular formula is C15H12ClN3OS. The SMILES string of the molecule is Cc1nc(-c2c[nH]c(C(=O)Nc3ccccc3Cl)c2)cs1. The number of halogens is 1. The van der Waals surface area contributed by atoms with Crippen LogP contribution in [0.1, 0.15) is 15.5 Å². The van der Waals surface area contributed by atoms with Crippen molar-refractivity contribution in [3.05, 3.63) is 57.6 Å². The number of thiazole rings is 1. The van der Waals surface area contributed by atoms with Crippen LogP contribution in [0.3, 0.4) is 0 Å². The Kier molecular flexibility index (Phi) is 3.77. The first-order valence-electron chi connectivity index (χ1n) is 6.30. The molecule has 106 valence electrons. The number of benzene rings is 1. The van der Waals surface area contributed by atoms with Gasteiger partial charge in [0.25, 0.3) is 5.91 Å². The van der Waals surface area contributed by atoms with Crippen LogP contribution in [0.4, 0.5) is 5.69 Å². The molecular weight excluding hydrogens is 306 g/mol. The molecule has 0 saturated carbocycles. The zero-order valence-corrected chi connectivity index (χ0v) is 12.8.